The fourth-order valence-electron chi connectivity index (χ4n) is 2.35. The van der Waals surface area contributed by atoms with Crippen molar-refractivity contribution in [1.29, 1.82) is 0 Å². The molecule has 21 heavy (non-hydrogen) atoms. The lowest BCUT2D eigenvalue weighted by molar-refractivity contribution is -0.137. The first-order chi connectivity index (χ1) is 9.86. The molecule has 1 fully saturated rings. The van der Waals surface area contributed by atoms with Crippen molar-refractivity contribution in [1.82, 2.24) is 5.32 Å². The molecule has 2 atom stereocenters. The molecule has 1 aliphatic rings. The smallest absolute Gasteiger partial charge is 0.416 e. The number of alkyl halides is 3. The average Bonchev–Trinajstić information content (AvgIpc) is 2.40. The molecule has 0 bridgehead atoms. The molecular weight excluding hydrogens is 283 g/mol. The van der Waals surface area contributed by atoms with Crippen molar-refractivity contribution >= 4 is 0 Å². The SMILES string of the molecule is CC(C)O[C@H]1CNCC[C@@H]1Oc1cccc(C(F)(F)F)c1. The van der Waals surface area contributed by atoms with Gasteiger partial charge >= 0.3 is 6.18 Å². The van der Waals surface area contributed by atoms with Crippen molar-refractivity contribution in [3.05, 3.63) is 29.8 Å². The number of hydrogen-bond donors (Lipinski definition) is 1. The Labute approximate surface area is 122 Å². The van der Waals surface area contributed by atoms with Gasteiger partial charge in [-0.15, -0.1) is 0 Å². The van der Waals surface area contributed by atoms with Crippen LogP contribution in [0.2, 0.25) is 0 Å². The predicted octanol–water partition coefficient (Wildman–Crippen LogP) is 3.24. The second-order valence-corrected chi connectivity index (χ2v) is 5.40. The van der Waals surface area contributed by atoms with Crippen LogP contribution in [0.25, 0.3) is 0 Å². The van der Waals surface area contributed by atoms with Crippen molar-refractivity contribution in [2.45, 2.75) is 44.8 Å². The molecule has 118 valence electrons. The summed E-state index contributed by atoms with van der Waals surface area (Å²) in [6.07, 6.45) is -4.01. The van der Waals surface area contributed by atoms with E-state index in [0.29, 0.717) is 13.0 Å². The zero-order chi connectivity index (χ0) is 15.5. The van der Waals surface area contributed by atoms with Gasteiger partial charge in [-0.2, -0.15) is 13.2 Å². The van der Waals surface area contributed by atoms with E-state index < -0.39 is 11.7 Å². The van der Waals surface area contributed by atoms with Gasteiger partial charge in [0, 0.05) is 6.54 Å². The fourth-order valence-corrected chi connectivity index (χ4v) is 2.35. The highest BCUT2D eigenvalue weighted by Crippen LogP contribution is 2.32. The van der Waals surface area contributed by atoms with E-state index in [2.05, 4.69) is 5.32 Å². The van der Waals surface area contributed by atoms with Crippen molar-refractivity contribution < 1.29 is 22.6 Å². The van der Waals surface area contributed by atoms with E-state index in [1.807, 2.05) is 13.8 Å². The number of nitrogens with one attached hydrogen (secondary N) is 1. The number of piperidine rings is 1. The minimum atomic E-state index is -4.36. The van der Waals surface area contributed by atoms with Crippen LogP contribution in [0, 0.1) is 0 Å². The van der Waals surface area contributed by atoms with E-state index in [9.17, 15) is 13.2 Å². The molecule has 2 rings (SSSR count). The summed E-state index contributed by atoms with van der Waals surface area (Å²) in [6.45, 7) is 5.26. The molecule has 0 unspecified atom stereocenters. The number of ether oxygens (including phenoxy) is 2. The summed E-state index contributed by atoms with van der Waals surface area (Å²) in [7, 11) is 0. The van der Waals surface area contributed by atoms with Crippen LogP contribution in [0.3, 0.4) is 0 Å². The highest BCUT2D eigenvalue weighted by molar-refractivity contribution is 5.30. The monoisotopic (exact) mass is 303 g/mol. The summed E-state index contributed by atoms with van der Waals surface area (Å²) in [6, 6.07) is 4.98. The van der Waals surface area contributed by atoms with Gasteiger partial charge in [0.2, 0.25) is 0 Å². The highest BCUT2D eigenvalue weighted by Gasteiger charge is 2.32. The third kappa shape index (κ3) is 4.61. The van der Waals surface area contributed by atoms with Gasteiger partial charge in [-0.05, 0) is 45.0 Å². The van der Waals surface area contributed by atoms with Crippen molar-refractivity contribution in [2.24, 2.45) is 0 Å². The van der Waals surface area contributed by atoms with Gasteiger partial charge in [0.15, 0.2) is 0 Å². The zero-order valence-corrected chi connectivity index (χ0v) is 12.1. The van der Waals surface area contributed by atoms with Crippen molar-refractivity contribution in [3.8, 4) is 5.75 Å². The summed E-state index contributed by atoms with van der Waals surface area (Å²) in [5.41, 5.74) is -0.699. The fraction of sp³-hybridized carbons (Fsp3) is 0.600. The lowest BCUT2D eigenvalue weighted by atomic mass is 10.1. The van der Waals surface area contributed by atoms with Gasteiger partial charge < -0.3 is 14.8 Å². The zero-order valence-electron chi connectivity index (χ0n) is 12.1. The molecule has 1 N–H and O–H groups in total. The van der Waals surface area contributed by atoms with Crippen LogP contribution < -0.4 is 10.1 Å². The van der Waals surface area contributed by atoms with E-state index in [4.69, 9.17) is 9.47 Å². The maximum atomic E-state index is 12.7. The van der Waals surface area contributed by atoms with E-state index in [-0.39, 0.29) is 24.1 Å². The third-order valence-corrected chi connectivity index (χ3v) is 3.26. The normalized spacial score (nSPS) is 23.3. The first kappa shape index (κ1) is 16.1. The third-order valence-electron chi connectivity index (χ3n) is 3.26. The Kier molecular flexibility index (Phi) is 5.11. The lowest BCUT2D eigenvalue weighted by Gasteiger charge is -2.33. The summed E-state index contributed by atoms with van der Waals surface area (Å²) in [4.78, 5) is 0. The summed E-state index contributed by atoms with van der Waals surface area (Å²) < 4.78 is 49.6. The molecule has 0 aromatic heterocycles. The molecule has 1 heterocycles. The maximum Gasteiger partial charge on any atom is 0.416 e. The number of hydrogen-bond acceptors (Lipinski definition) is 3. The Morgan fingerprint density at radius 1 is 1.24 bits per heavy atom. The van der Waals surface area contributed by atoms with E-state index in [1.165, 1.54) is 6.07 Å². The molecule has 0 amide bonds. The summed E-state index contributed by atoms with van der Waals surface area (Å²) >= 11 is 0. The number of benzene rings is 1. The minimum Gasteiger partial charge on any atom is -0.488 e. The number of rotatable bonds is 4. The van der Waals surface area contributed by atoms with Gasteiger partial charge in [-0.1, -0.05) is 6.07 Å². The van der Waals surface area contributed by atoms with Crippen LogP contribution in [-0.2, 0) is 10.9 Å². The largest absolute Gasteiger partial charge is 0.488 e. The average molecular weight is 303 g/mol. The maximum absolute atomic E-state index is 12.7. The molecule has 0 radical (unpaired) electrons. The summed E-state index contributed by atoms with van der Waals surface area (Å²) in [5.74, 6) is 0.231. The second kappa shape index (κ2) is 6.66. The standard InChI is InChI=1S/C15H20F3NO2/c1-10(2)20-14-9-19-7-6-13(14)21-12-5-3-4-11(8-12)15(16,17)18/h3-5,8,10,13-14,19H,6-7,9H2,1-2H3/t13-,14-/m0/s1. The molecule has 0 aliphatic carbocycles. The Morgan fingerprint density at radius 2 is 2.00 bits per heavy atom. The van der Waals surface area contributed by atoms with Crippen LogP contribution in [-0.4, -0.2) is 31.4 Å². The molecule has 0 saturated carbocycles. The Bertz CT molecular complexity index is 462. The van der Waals surface area contributed by atoms with Crippen LogP contribution in [0.1, 0.15) is 25.8 Å². The first-order valence-corrected chi connectivity index (χ1v) is 7.06. The molecule has 1 aromatic carbocycles. The highest BCUT2D eigenvalue weighted by atomic mass is 19.4. The Hall–Kier alpha value is -1.27. The molecule has 1 aliphatic heterocycles. The predicted molar refractivity (Wildman–Crippen MR) is 73.4 cm³/mol. The Morgan fingerprint density at radius 3 is 2.67 bits per heavy atom. The van der Waals surface area contributed by atoms with E-state index >= 15 is 0 Å². The Balaban J connectivity index is 2.08. The molecule has 1 saturated heterocycles. The van der Waals surface area contributed by atoms with Crippen LogP contribution in [0.15, 0.2) is 24.3 Å². The van der Waals surface area contributed by atoms with Gasteiger partial charge in [0.25, 0.3) is 0 Å². The quantitative estimate of drug-likeness (QED) is 0.926. The minimum absolute atomic E-state index is 0.0440. The number of halogens is 3. The molecule has 6 heteroatoms. The van der Waals surface area contributed by atoms with Gasteiger partial charge in [-0.3, -0.25) is 0 Å². The second-order valence-electron chi connectivity index (χ2n) is 5.40. The van der Waals surface area contributed by atoms with Gasteiger partial charge in [0.1, 0.15) is 18.0 Å². The summed E-state index contributed by atoms with van der Waals surface area (Å²) in [5, 5.41) is 3.21. The molecule has 1 aromatic rings. The van der Waals surface area contributed by atoms with Crippen LogP contribution >= 0.6 is 0 Å². The molecule has 0 spiro atoms. The lowest BCUT2D eigenvalue weighted by Crippen LogP contribution is -2.49. The molecule has 3 nitrogen and oxygen atoms in total. The van der Waals surface area contributed by atoms with Gasteiger partial charge in [0.05, 0.1) is 11.7 Å². The van der Waals surface area contributed by atoms with E-state index in [1.54, 1.807) is 6.07 Å². The van der Waals surface area contributed by atoms with Crippen molar-refractivity contribution in [2.75, 3.05) is 13.1 Å². The van der Waals surface area contributed by atoms with Crippen LogP contribution in [0.4, 0.5) is 13.2 Å². The molecular formula is C15H20F3NO2. The topological polar surface area (TPSA) is 30.5 Å². The van der Waals surface area contributed by atoms with Crippen molar-refractivity contribution in [3.63, 3.8) is 0 Å². The first-order valence-electron chi connectivity index (χ1n) is 7.06. The van der Waals surface area contributed by atoms with E-state index in [0.717, 1.165) is 18.7 Å². The van der Waals surface area contributed by atoms with Gasteiger partial charge in [-0.25, -0.2) is 0 Å². The van der Waals surface area contributed by atoms with Crippen LogP contribution in [0.5, 0.6) is 5.75 Å².